The second kappa shape index (κ2) is 6.02. The maximum atomic E-state index is 12.4. The normalized spacial score (nSPS) is 15.5. The minimum atomic E-state index is -4.40. The molecule has 0 saturated carbocycles. The summed E-state index contributed by atoms with van der Waals surface area (Å²) in [7, 11) is 0. The van der Waals surface area contributed by atoms with E-state index in [-0.39, 0.29) is 0 Å². The molecule has 0 aliphatic rings. The van der Waals surface area contributed by atoms with Crippen LogP contribution in [0.3, 0.4) is 0 Å². The molecule has 1 N–H and O–H groups in total. The zero-order valence-corrected chi connectivity index (χ0v) is 10.6. The van der Waals surface area contributed by atoms with Crippen molar-refractivity contribution in [3.8, 4) is 0 Å². The highest BCUT2D eigenvalue weighted by molar-refractivity contribution is 5.81. The zero-order valence-electron chi connectivity index (χ0n) is 10.6. The lowest BCUT2D eigenvalue weighted by molar-refractivity contribution is -0.137. The molecule has 0 aliphatic heterocycles. The Balaban J connectivity index is 3.08. The van der Waals surface area contributed by atoms with Crippen molar-refractivity contribution in [2.24, 2.45) is 0 Å². The summed E-state index contributed by atoms with van der Waals surface area (Å²) in [6.45, 7) is 2.95. The average molecular weight is 272 g/mol. The average Bonchev–Trinajstić information content (AvgIpc) is 2.34. The Morgan fingerprint density at radius 2 is 1.79 bits per heavy atom. The molecule has 0 unspecified atom stereocenters. The molecule has 1 aromatic carbocycles. The van der Waals surface area contributed by atoms with Crippen LogP contribution in [-0.2, 0) is 11.0 Å². The van der Waals surface area contributed by atoms with Crippen LogP contribution in [0.1, 0.15) is 30.9 Å². The maximum Gasteiger partial charge on any atom is 0.416 e. The third-order valence-electron chi connectivity index (χ3n) is 2.78. The predicted octanol–water partition coefficient (Wildman–Crippen LogP) is 3.32. The third-order valence-corrected chi connectivity index (χ3v) is 2.78. The van der Waals surface area contributed by atoms with E-state index in [1.807, 2.05) is 0 Å². The fraction of sp³-hybridized carbons (Fsp3) is 0.357. The number of benzene rings is 1. The summed E-state index contributed by atoms with van der Waals surface area (Å²) in [5.41, 5.74) is -0.290. The molecule has 0 amide bonds. The van der Waals surface area contributed by atoms with Gasteiger partial charge < -0.3 is 5.11 Å². The predicted molar refractivity (Wildman–Crippen MR) is 65.7 cm³/mol. The second-order valence-electron chi connectivity index (χ2n) is 4.23. The van der Waals surface area contributed by atoms with E-state index >= 15 is 0 Å². The molecular weight excluding hydrogens is 257 g/mol. The molecule has 0 heterocycles. The quantitative estimate of drug-likeness (QED) is 0.854. The first-order valence-corrected chi connectivity index (χ1v) is 5.76. The van der Waals surface area contributed by atoms with E-state index in [9.17, 15) is 23.1 Å². The summed E-state index contributed by atoms with van der Waals surface area (Å²) in [4.78, 5) is 11.2. The van der Waals surface area contributed by atoms with Crippen molar-refractivity contribution < 1.29 is 23.1 Å². The Bertz CT molecular complexity index is 461. The first-order valence-electron chi connectivity index (χ1n) is 5.76. The number of hydrogen-bond acceptors (Lipinski definition) is 2. The number of halogens is 3. The summed E-state index contributed by atoms with van der Waals surface area (Å²) in [6.07, 6.45) is -2.41. The minimum Gasteiger partial charge on any atom is -0.384 e. The number of carbonyl (C=O) groups is 1. The fourth-order valence-electron chi connectivity index (χ4n) is 1.75. The highest BCUT2D eigenvalue weighted by Gasteiger charge is 2.30. The van der Waals surface area contributed by atoms with Crippen LogP contribution in [0.5, 0.6) is 0 Å². The van der Waals surface area contributed by atoms with Gasteiger partial charge in [0, 0.05) is 5.92 Å². The van der Waals surface area contributed by atoms with Gasteiger partial charge in [0.15, 0.2) is 5.78 Å². The number of aliphatic hydroxyl groups is 1. The van der Waals surface area contributed by atoms with Crippen LogP contribution in [0.15, 0.2) is 36.4 Å². The summed E-state index contributed by atoms with van der Waals surface area (Å²) in [5.74, 6) is -1.06. The molecule has 1 aromatic rings. The van der Waals surface area contributed by atoms with Gasteiger partial charge in [-0.2, -0.15) is 13.2 Å². The Hall–Kier alpha value is -1.62. The molecule has 5 heteroatoms. The van der Waals surface area contributed by atoms with Crippen LogP contribution in [0.2, 0.25) is 0 Å². The van der Waals surface area contributed by atoms with E-state index in [1.165, 1.54) is 19.1 Å². The van der Waals surface area contributed by atoms with Crippen molar-refractivity contribution >= 4 is 5.78 Å². The molecule has 0 spiro atoms. The Kier molecular flexibility index (Phi) is 4.89. The molecule has 0 aliphatic carbocycles. The van der Waals surface area contributed by atoms with Crippen LogP contribution in [0, 0.1) is 0 Å². The molecule has 2 atom stereocenters. The molecule has 0 fully saturated rings. The Morgan fingerprint density at radius 3 is 2.16 bits per heavy atom. The number of Topliss-reactive ketones (excluding diaryl/α,β-unsaturated/α-hetero) is 1. The summed E-state index contributed by atoms with van der Waals surface area (Å²) in [5, 5.41) is 9.78. The van der Waals surface area contributed by atoms with Crippen molar-refractivity contribution in [1.82, 2.24) is 0 Å². The van der Waals surface area contributed by atoms with Crippen LogP contribution in [0.4, 0.5) is 13.2 Å². The molecule has 0 radical (unpaired) electrons. The van der Waals surface area contributed by atoms with E-state index < -0.39 is 29.5 Å². The smallest absolute Gasteiger partial charge is 0.384 e. The van der Waals surface area contributed by atoms with Crippen molar-refractivity contribution in [2.75, 3.05) is 0 Å². The number of ketones is 1. The minimum absolute atomic E-state index is 0.428. The first-order chi connectivity index (χ1) is 8.77. The van der Waals surface area contributed by atoms with Gasteiger partial charge in [0.2, 0.25) is 0 Å². The summed E-state index contributed by atoms with van der Waals surface area (Å²) < 4.78 is 37.3. The van der Waals surface area contributed by atoms with Crippen molar-refractivity contribution in [3.63, 3.8) is 0 Å². The Morgan fingerprint density at radius 1 is 1.26 bits per heavy atom. The topological polar surface area (TPSA) is 37.3 Å². The van der Waals surface area contributed by atoms with Gasteiger partial charge in [0.25, 0.3) is 0 Å². The largest absolute Gasteiger partial charge is 0.416 e. The number of allylic oxidation sites excluding steroid dienone is 1. The van der Waals surface area contributed by atoms with Crippen LogP contribution in [0.25, 0.3) is 0 Å². The van der Waals surface area contributed by atoms with Gasteiger partial charge in [-0.3, -0.25) is 4.79 Å². The molecule has 0 bridgehead atoms. The van der Waals surface area contributed by atoms with E-state index in [0.29, 0.717) is 5.56 Å². The van der Waals surface area contributed by atoms with Gasteiger partial charge in [-0.1, -0.05) is 24.3 Å². The van der Waals surface area contributed by atoms with E-state index in [0.717, 1.165) is 12.1 Å². The van der Waals surface area contributed by atoms with Crippen LogP contribution >= 0.6 is 0 Å². The lowest BCUT2D eigenvalue weighted by Gasteiger charge is -2.18. The van der Waals surface area contributed by atoms with Gasteiger partial charge in [0.05, 0.1) is 5.56 Å². The number of aliphatic hydroxyl groups excluding tert-OH is 1. The van der Waals surface area contributed by atoms with Gasteiger partial charge in [0.1, 0.15) is 6.10 Å². The van der Waals surface area contributed by atoms with Crippen LogP contribution < -0.4 is 0 Å². The summed E-state index contributed by atoms with van der Waals surface area (Å²) >= 11 is 0. The monoisotopic (exact) mass is 272 g/mol. The number of carbonyl (C=O) groups excluding carboxylic acids is 1. The standard InChI is InChI=1S/C14H15F3O2/c1-3-4-12(13(19)9(2)18)10-5-7-11(8-6-10)14(15,16)17/h3-8,12-13,19H,1-2H3/b4-3+/t12-,13+/m1/s1. The lowest BCUT2D eigenvalue weighted by atomic mass is 9.90. The molecule has 19 heavy (non-hydrogen) atoms. The van der Waals surface area contributed by atoms with E-state index in [1.54, 1.807) is 19.1 Å². The van der Waals surface area contributed by atoms with Crippen molar-refractivity contribution in [3.05, 3.63) is 47.5 Å². The zero-order chi connectivity index (χ0) is 14.6. The second-order valence-corrected chi connectivity index (χ2v) is 4.23. The molecule has 0 saturated heterocycles. The van der Waals surface area contributed by atoms with Gasteiger partial charge in [-0.05, 0) is 31.5 Å². The maximum absolute atomic E-state index is 12.4. The van der Waals surface area contributed by atoms with Crippen molar-refractivity contribution in [1.29, 1.82) is 0 Å². The molecule has 0 aromatic heterocycles. The van der Waals surface area contributed by atoms with E-state index in [2.05, 4.69) is 0 Å². The molecule has 2 nitrogen and oxygen atoms in total. The third kappa shape index (κ3) is 3.92. The van der Waals surface area contributed by atoms with E-state index in [4.69, 9.17) is 0 Å². The first kappa shape index (κ1) is 15.4. The SMILES string of the molecule is C/C=C/[C@H](c1ccc(C(F)(F)F)cc1)[C@@H](O)C(C)=O. The number of rotatable bonds is 4. The van der Waals surface area contributed by atoms with Gasteiger partial charge >= 0.3 is 6.18 Å². The highest BCUT2D eigenvalue weighted by Crippen LogP contribution is 2.31. The molecular formula is C14H15F3O2. The highest BCUT2D eigenvalue weighted by atomic mass is 19.4. The van der Waals surface area contributed by atoms with Crippen LogP contribution in [-0.4, -0.2) is 17.0 Å². The summed E-state index contributed by atoms with van der Waals surface area (Å²) in [6, 6.07) is 4.44. The van der Waals surface area contributed by atoms with Gasteiger partial charge in [-0.25, -0.2) is 0 Å². The fourth-order valence-corrected chi connectivity index (χ4v) is 1.75. The Labute approximate surface area is 109 Å². The van der Waals surface area contributed by atoms with Gasteiger partial charge in [-0.15, -0.1) is 0 Å². The van der Waals surface area contributed by atoms with Crippen molar-refractivity contribution in [2.45, 2.75) is 32.0 Å². The molecule has 1 rings (SSSR count). The lowest BCUT2D eigenvalue weighted by Crippen LogP contribution is -2.24. The molecule has 104 valence electrons. The number of hydrogen-bond donors (Lipinski definition) is 1. The number of alkyl halides is 3.